The molecule has 2 heterocycles. The number of nitrogens with zero attached hydrogens (tertiary/aromatic N) is 2. The van der Waals surface area contributed by atoms with Crippen LogP contribution in [0.5, 0.6) is 11.5 Å². The number of anilines is 1. The van der Waals surface area contributed by atoms with E-state index in [4.69, 9.17) is 9.47 Å². The number of benzene rings is 2. The van der Waals surface area contributed by atoms with Gasteiger partial charge in [-0.1, -0.05) is 6.92 Å². The minimum atomic E-state index is -2.37. The molecule has 0 aliphatic carbocycles. The first-order valence-electron chi connectivity index (χ1n) is 9.79. The van der Waals surface area contributed by atoms with Gasteiger partial charge in [0.25, 0.3) is 0 Å². The summed E-state index contributed by atoms with van der Waals surface area (Å²) in [6.07, 6.45) is 5.16. The highest BCUT2D eigenvalue weighted by atomic mass is 32.2. The van der Waals surface area contributed by atoms with Gasteiger partial charge in [0, 0.05) is 52.2 Å². The minimum absolute atomic E-state index is 0.496. The number of fused-ring (bicyclic) bond motifs is 2. The molecule has 0 fully saturated rings. The number of hydrogen-bond donors (Lipinski definition) is 1. The lowest BCUT2D eigenvalue weighted by molar-refractivity contribution is 0.356. The van der Waals surface area contributed by atoms with Gasteiger partial charge in [-0.3, -0.25) is 14.2 Å². The van der Waals surface area contributed by atoms with Gasteiger partial charge in [0.1, 0.15) is 0 Å². The molecule has 160 valence electrons. The molecule has 1 atom stereocenters. The van der Waals surface area contributed by atoms with E-state index < -0.39 is 11.3 Å². The second kappa shape index (κ2) is 8.87. The Labute approximate surface area is 182 Å². The van der Waals surface area contributed by atoms with Crippen LogP contribution in [0.4, 0.5) is 5.69 Å². The molecule has 0 bridgehead atoms. The standard InChI is InChI=1S/C23H23N3O4S/c1-4-20-19-11-23(30-3)22(29-2)10-18(19)16(13-25-20)8-14-7-15-9-17(26-31(27)28)5-6-21(15)24-12-14/h5-7,9-13,26H,4,8H2,1-3H3,(H,27,28)/p-1. The molecule has 0 saturated heterocycles. The van der Waals surface area contributed by atoms with Gasteiger partial charge < -0.3 is 18.7 Å². The maximum Gasteiger partial charge on any atom is 0.161 e. The van der Waals surface area contributed by atoms with E-state index in [1.165, 1.54) is 0 Å². The predicted molar refractivity (Wildman–Crippen MR) is 121 cm³/mol. The molecule has 4 rings (SSSR count). The number of hydrogen-bond acceptors (Lipinski definition) is 6. The quantitative estimate of drug-likeness (QED) is 0.437. The molecule has 4 aromatic rings. The van der Waals surface area contributed by atoms with Crippen molar-refractivity contribution in [2.24, 2.45) is 0 Å². The van der Waals surface area contributed by atoms with E-state index >= 15 is 0 Å². The van der Waals surface area contributed by atoms with Crippen LogP contribution in [0.2, 0.25) is 0 Å². The van der Waals surface area contributed by atoms with Crippen LogP contribution in [0.25, 0.3) is 21.7 Å². The largest absolute Gasteiger partial charge is 0.755 e. The lowest BCUT2D eigenvalue weighted by atomic mass is 9.98. The molecular formula is C23H22N3O4S-. The van der Waals surface area contributed by atoms with E-state index in [1.54, 1.807) is 32.4 Å². The number of aromatic nitrogens is 2. The van der Waals surface area contributed by atoms with Gasteiger partial charge in [-0.25, -0.2) is 0 Å². The van der Waals surface area contributed by atoms with Crippen LogP contribution < -0.4 is 14.2 Å². The van der Waals surface area contributed by atoms with Crippen molar-refractivity contribution < 1.29 is 18.2 Å². The van der Waals surface area contributed by atoms with E-state index in [2.05, 4.69) is 21.6 Å². The highest BCUT2D eigenvalue weighted by Crippen LogP contribution is 2.35. The Balaban J connectivity index is 1.78. The summed E-state index contributed by atoms with van der Waals surface area (Å²) in [7, 11) is 3.25. The Hall–Kier alpha value is -3.23. The van der Waals surface area contributed by atoms with Crippen molar-refractivity contribution in [1.82, 2.24) is 9.97 Å². The van der Waals surface area contributed by atoms with E-state index in [0.29, 0.717) is 23.6 Å². The second-order valence-electron chi connectivity index (χ2n) is 7.10. The third kappa shape index (κ3) is 4.30. The summed E-state index contributed by atoms with van der Waals surface area (Å²) in [6.45, 7) is 2.08. The van der Waals surface area contributed by atoms with Gasteiger partial charge in [0.15, 0.2) is 11.5 Å². The van der Waals surface area contributed by atoms with E-state index in [-0.39, 0.29) is 0 Å². The zero-order valence-electron chi connectivity index (χ0n) is 17.5. The van der Waals surface area contributed by atoms with Gasteiger partial charge >= 0.3 is 0 Å². The number of aryl methyl sites for hydroxylation is 1. The fraction of sp³-hybridized carbons (Fsp3) is 0.217. The number of nitrogens with one attached hydrogen (secondary N) is 1. The van der Waals surface area contributed by atoms with Crippen molar-refractivity contribution in [2.75, 3.05) is 18.9 Å². The summed E-state index contributed by atoms with van der Waals surface area (Å²) < 4.78 is 35.2. The van der Waals surface area contributed by atoms with Gasteiger partial charge in [-0.15, -0.1) is 0 Å². The average molecular weight is 437 g/mol. The maximum atomic E-state index is 10.9. The zero-order valence-corrected chi connectivity index (χ0v) is 18.3. The van der Waals surface area contributed by atoms with E-state index in [0.717, 1.165) is 44.9 Å². The third-order valence-corrected chi connectivity index (χ3v) is 5.63. The fourth-order valence-corrected chi connectivity index (χ4v) is 4.07. The summed E-state index contributed by atoms with van der Waals surface area (Å²) >= 11 is -2.37. The zero-order chi connectivity index (χ0) is 22.0. The molecule has 1 N–H and O–H groups in total. The molecule has 0 aliphatic rings. The molecule has 2 aromatic heterocycles. The first-order valence-corrected chi connectivity index (χ1v) is 10.9. The maximum absolute atomic E-state index is 10.9. The average Bonchev–Trinajstić information content (AvgIpc) is 2.77. The lowest BCUT2D eigenvalue weighted by Crippen LogP contribution is -2.02. The Kier molecular flexibility index (Phi) is 6.01. The summed E-state index contributed by atoms with van der Waals surface area (Å²) in [6, 6.07) is 11.2. The first-order chi connectivity index (χ1) is 15.0. The topological polar surface area (TPSA) is 96.4 Å². The number of methoxy groups -OCH3 is 2. The van der Waals surface area contributed by atoms with Crippen LogP contribution >= 0.6 is 0 Å². The highest BCUT2D eigenvalue weighted by molar-refractivity contribution is 7.80. The summed E-state index contributed by atoms with van der Waals surface area (Å²) in [5, 5.41) is 2.95. The van der Waals surface area contributed by atoms with Crippen LogP contribution in [0, 0.1) is 0 Å². The van der Waals surface area contributed by atoms with Crippen LogP contribution in [0.15, 0.2) is 48.8 Å². The predicted octanol–water partition coefficient (Wildman–Crippen LogP) is 4.16. The summed E-state index contributed by atoms with van der Waals surface area (Å²) in [5.74, 6) is 1.34. The minimum Gasteiger partial charge on any atom is -0.755 e. The molecule has 0 radical (unpaired) electrons. The Morgan fingerprint density at radius 2 is 1.74 bits per heavy atom. The van der Waals surface area contributed by atoms with Crippen LogP contribution in [-0.2, 0) is 24.1 Å². The summed E-state index contributed by atoms with van der Waals surface area (Å²) in [4.78, 5) is 9.19. The molecule has 31 heavy (non-hydrogen) atoms. The van der Waals surface area contributed by atoms with Crippen molar-refractivity contribution in [1.29, 1.82) is 0 Å². The first kappa shape index (κ1) is 21.0. The Morgan fingerprint density at radius 3 is 2.42 bits per heavy atom. The van der Waals surface area contributed by atoms with Crippen LogP contribution in [-0.4, -0.2) is 32.9 Å². The van der Waals surface area contributed by atoms with E-state index in [1.807, 2.05) is 30.6 Å². The molecule has 1 unspecified atom stereocenters. The molecule has 2 aromatic carbocycles. The van der Waals surface area contributed by atoms with Crippen LogP contribution in [0.1, 0.15) is 23.7 Å². The van der Waals surface area contributed by atoms with Crippen molar-refractivity contribution in [3.63, 3.8) is 0 Å². The molecular weight excluding hydrogens is 414 g/mol. The Bertz CT molecular complexity index is 1290. The Morgan fingerprint density at radius 1 is 1.00 bits per heavy atom. The van der Waals surface area contributed by atoms with Gasteiger partial charge in [0.2, 0.25) is 0 Å². The molecule has 0 amide bonds. The van der Waals surface area contributed by atoms with Crippen molar-refractivity contribution in [3.8, 4) is 11.5 Å². The smallest absolute Gasteiger partial charge is 0.161 e. The van der Waals surface area contributed by atoms with Crippen molar-refractivity contribution in [2.45, 2.75) is 19.8 Å². The number of pyridine rings is 2. The number of rotatable bonds is 7. The second-order valence-corrected chi connectivity index (χ2v) is 7.77. The van der Waals surface area contributed by atoms with Gasteiger partial charge in [-0.05, 0) is 59.3 Å². The molecule has 0 aliphatic heterocycles. The molecule has 8 heteroatoms. The van der Waals surface area contributed by atoms with Gasteiger partial charge in [0.05, 0.1) is 19.7 Å². The highest BCUT2D eigenvalue weighted by Gasteiger charge is 2.13. The van der Waals surface area contributed by atoms with Gasteiger partial charge in [-0.2, -0.15) is 0 Å². The number of ether oxygens (including phenoxy) is 2. The van der Waals surface area contributed by atoms with E-state index in [9.17, 15) is 8.76 Å². The van der Waals surface area contributed by atoms with Crippen molar-refractivity contribution in [3.05, 3.63) is 65.6 Å². The van der Waals surface area contributed by atoms with Crippen molar-refractivity contribution >= 4 is 38.6 Å². The SMILES string of the molecule is CCc1ncc(Cc2cnc3ccc(NS(=O)[O-])cc3c2)c2cc(OC)c(OC)cc12. The molecule has 7 nitrogen and oxygen atoms in total. The molecule has 0 spiro atoms. The summed E-state index contributed by atoms with van der Waals surface area (Å²) in [5.41, 5.74) is 4.33. The monoisotopic (exact) mass is 436 g/mol. The van der Waals surface area contributed by atoms with Crippen LogP contribution in [0.3, 0.4) is 0 Å². The normalized spacial score (nSPS) is 12.1. The molecule has 0 saturated carbocycles. The fourth-order valence-electron chi connectivity index (χ4n) is 3.75. The lowest BCUT2D eigenvalue weighted by Gasteiger charge is -2.14. The third-order valence-electron chi connectivity index (χ3n) is 5.23.